The highest BCUT2D eigenvalue weighted by Crippen LogP contribution is 2.17. The molecule has 0 spiro atoms. The molecule has 6 nitrogen and oxygen atoms in total. The number of nitrogens with one attached hydrogen (secondary N) is 1. The minimum atomic E-state index is -0.411. The third-order valence-electron chi connectivity index (χ3n) is 4.75. The second-order valence-corrected chi connectivity index (χ2v) is 6.84. The Bertz CT molecular complexity index is 808. The molecule has 3 rings (SSSR count). The van der Waals surface area contributed by atoms with E-state index in [4.69, 9.17) is 4.74 Å². The molecule has 1 amide bonds. The molecule has 2 aromatic rings. The van der Waals surface area contributed by atoms with Crippen LogP contribution in [0.2, 0.25) is 0 Å². The molecule has 0 unspecified atom stereocenters. The highest BCUT2D eigenvalue weighted by atomic mass is 16.5. The zero-order valence-corrected chi connectivity index (χ0v) is 15.3. The third-order valence-corrected chi connectivity index (χ3v) is 4.75. The summed E-state index contributed by atoms with van der Waals surface area (Å²) in [5.74, 6) is 0.161. The van der Waals surface area contributed by atoms with Gasteiger partial charge in [-0.2, -0.15) is 0 Å². The SMILES string of the molecule is Cc1ccc(-c2ncc(C(=O)N(C)CCC[C@@H]3CCCO3)c(=O)[nH]2)cc1. The summed E-state index contributed by atoms with van der Waals surface area (Å²) in [6.45, 7) is 3.43. The number of carbonyl (C=O) groups is 1. The van der Waals surface area contributed by atoms with Gasteiger partial charge in [0, 0.05) is 32.0 Å². The maximum atomic E-state index is 12.5. The van der Waals surface area contributed by atoms with Gasteiger partial charge in [0.15, 0.2) is 0 Å². The first kappa shape index (κ1) is 18.3. The van der Waals surface area contributed by atoms with Crippen molar-refractivity contribution in [3.63, 3.8) is 0 Å². The van der Waals surface area contributed by atoms with Gasteiger partial charge >= 0.3 is 0 Å². The van der Waals surface area contributed by atoms with Gasteiger partial charge in [-0.25, -0.2) is 4.98 Å². The summed E-state index contributed by atoms with van der Waals surface area (Å²) in [4.78, 5) is 33.4. The normalized spacial score (nSPS) is 16.6. The van der Waals surface area contributed by atoms with Crippen molar-refractivity contribution in [2.75, 3.05) is 20.2 Å². The molecule has 1 atom stereocenters. The number of aromatic amines is 1. The number of amides is 1. The second-order valence-electron chi connectivity index (χ2n) is 6.84. The fourth-order valence-electron chi connectivity index (χ4n) is 3.14. The molecule has 26 heavy (non-hydrogen) atoms. The molecule has 1 aliphatic rings. The van der Waals surface area contributed by atoms with E-state index in [0.717, 1.165) is 43.4 Å². The Labute approximate surface area is 153 Å². The number of hydrogen-bond donors (Lipinski definition) is 1. The van der Waals surface area contributed by atoms with E-state index >= 15 is 0 Å². The van der Waals surface area contributed by atoms with Crippen LogP contribution in [0.15, 0.2) is 35.3 Å². The molecule has 1 aliphatic heterocycles. The Morgan fingerprint density at radius 1 is 1.35 bits per heavy atom. The molecule has 0 saturated carbocycles. The number of aromatic nitrogens is 2. The first-order chi connectivity index (χ1) is 12.5. The zero-order valence-electron chi connectivity index (χ0n) is 15.3. The van der Waals surface area contributed by atoms with Crippen LogP contribution in [0.3, 0.4) is 0 Å². The lowest BCUT2D eigenvalue weighted by molar-refractivity contribution is 0.0761. The number of aryl methyl sites for hydroxylation is 1. The molecular formula is C20H25N3O3. The topological polar surface area (TPSA) is 75.3 Å². The number of benzene rings is 1. The van der Waals surface area contributed by atoms with Crippen molar-refractivity contribution in [3.8, 4) is 11.4 Å². The summed E-state index contributed by atoms with van der Waals surface area (Å²) in [6.07, 6.45) is 5.71. The van der Waals surface area contributed by atoms with E-state index in [-0.39, 0.29) is 11.5 Å². The van der Waals surface area contributed by atoms with Crippen LogP contribution in [0.4, 0.5) is 0 Å². The van der Waals surface area contributed by atoms with Crippen LogP contribution in [-0.2, 0) is 4.74 Å². The molecule has 1 N–H and O–H groups in total. The van der Waals surface area contributed by atoms with Crippen molar-refractivity contribution in [2.45, 2.75) is 38.7 Å². The first-order valence-corrected chi connectivity index (χ1v) is 9.08. The molecule has 0 aliphatic carbocycles. The average molecular weight is 355 g/mol. The summed E-state index contributed by atoms with van der Waals surface area (Å²) >= 11 is 0. The van der Waals surface area contributed by atoms with Crippen LogP contribution < -0.4 is 5.56 Å². The van der Waals surface area contributed by atoms with Gasteiger partial charge in [0.1, 0.15) is 11.4 Å². The summed E-state index contributed by atoms with van der Waals surface area (Å²) < 4.78 is 5.59. The van der Waals surface area contributed by atoms with E-state index in [1.165, 1.54) is 6.20 Å². The molecule has 1 aromatic heterocycles. The molecule has 1 fully saturated rings. The summed E-state index contributed by atoms with van der Waals surface area (Å²) in [5, 5.41) is 0. The smallest absolute Gasteiger partial charge is 0.264 e. The molecule has 138 valence electrons. The molecular weight excluding hydrogens is 330 g/mol. The lowest BCUT2D eigenvalue weighted by Gasteiger charge is -2.18. The molecule has 0 bridgehead atoms. The monoisotopic (exact) mass is 355 g/mol. The lowest BCUT2D eigenvalue weighted by atomic mass is 10.1. The van der Waals surface area contributed by atoms with Crippen LogP contribution in [0.5, 0.6) is 0 Å². The van der Waals surface area contributed by atoms with Crippen LogP contribution in [0.1, 0.15) is 41.6 Å². The molecule has 0 radical (unpaired) electrons. The summed E-state index contributed by atoms with van der Waals surface area (Å²) in [7, 11) is 1.71. The van der Waals surface area contributed by atoms with Gasteiger partial charge in [0.05, 0.1) is 6.10 Å². The van der Waals surface area contributed by atoms with Gasteiger partial charge in [-0.05, 0) is 32.6 Å². The summed E-state index contributed by atoms with van der Waals surface area (Å²) in [5.41, 5.74) is 1.61. The first-order valence-electron chi connectivity index (χ1n) is 9.08. The standard InChI is InChI=1S/C20H25N3O3/c1-14-7-9-15(10-8-14)18-21-13-17(19(24)22-18)20(25)23(2)11-3-5-16-6-4-12-26-16/h7-10,13,16H,3-6,11-12H2,1-2H3,(H,21,22,24)/t16-/m1/s1. The number of carbonyl (C=O) groups excluding carboxylic acids is 1. The van der Waals surface area contributed by atoms with Gasteiger partial charge in [0.2, 0.25) is 0 Å². The van der Waals surface area contributed by atoms with Crippen molar-refractivity contribution < 1.29 is 9.53 Å². The Hall–Kier alpha value is -2.47. The van der Waals surface area contributed by atoms with E-state index < -0.39 is 5.56 Å². The van der Waals surface area contributed by atoms with Crippen LogP contribution >= 0.6 is 0 Å². The predicted molar refractivity (Wildman–Crippen MR) is 100 cm³/mol. The Morgan fingerprint density at radius 2 is 2.12 bits per heavy atom. The molecule has 2 heterocycles. The number of H-pyrrole nitrogens is 1. The number of ether oxygens (including phenoxy) is 1. The zero-order chi connectivity index (χ0) is 18.5. The average Bonchev–Trinajstić information content (AvgIpc) is 3.15. The van der Waals surface area contributed by atoms with E-state index in [1.54, 1.807) is 11.9 Å². The second kappa shape index (κ2) is 8.27. The fourth-order valence-corrected chi connectivity index (χ4v) is 3.14. The highest BCUT2D eigenvalue weighted by molar-refractivity contribution is 5.93. The maximum absolute atomic E-state index is 12.5. The van der Waals surface area contributed by atoms with Crippen LogP contribution in [0, 0.1) is 6.92 Å². The van der Waals surface area contributed by atoms with Gasteiger partial charge in [-0.1, -0.05) is 29.8 Å². The van der Waals surface area contributed by atoms with Crippen molar-refractivity contribution in [1.82, 2.24) is 14.9 Å². The minimum Gasteiger partial charge on any atom is -0.378 e. The Balaban J connectivity index is 1.63. The number of nitrogens with zero attached hydrogens (tertiary/aromatic N) is 2. The minimum absolute atomic E-state index is 0.0699. The predicted octanol–water partition coefficient (Wildman–Crippen LogP) is 2.78. The van der Waals surface area contributed by atoms with Gasteiger partial charge in [0.25, 0.3) is 11.5 Å². The Morgan fingerprint density at radius 3 is 2.77 bits per heavy atom. The molecule has 6 heteroatoms. The number of rotatable bonds is 6. The van der Waals surface area contributed by atoms with Crippen molar-refractivity contribution in [1.29, 1.82) is 0 Å². The van der Waals surface area contributed by atoms with Crippen molar-refractivity contribution in [3.05, 3.63) is 51.9 Å². The largest absolute Gasteiger partial charge is 0.378 e. The maximum Gasteiger partial charge on any atom is 0.264 e. The molecule has 1 saturated heterocycles. The van der Waals surface area contributed by atoms with Crippen molar-refractivity contribution in [2.24, 2.45) is 0 Å². The fraction of sp³-hybridized carbons (Fsp3) is 0.450. The van der Waals surface area contributed by atoms with Crippen LogP contribution in [-0.4, -0.2) is 47.1 Å². The van der Waals surface area contributed by atoms with Gasteiger partial charge in [-0.3, -0.25) is 9.59 Å². The number of hydrogen-bond acceptors (Lipinski definition) is 4. The van der Waals surface area contributed by atoms with Gasteiger partial charge in [-0.15, -0.1) is 0 Å². The van der Waals surface area contributed by atoms with Crippen molar-refractivity contribution >= 4 is 5.91 Å². The lowest BCUT2D eigenvalue weighted by Crippen LogP contribution is -2.33. The highest BCUT2D eigenvalue weighted by Gasteiger charge is 2.19. The van der Waals surface area contributed by atoms with E-state index in [2.05, 4.69) is 9.97 Å². The third kappa shape index (κ3) is 4.38. The van der Waals surface area contributed by atoms with Crippen LogP contribution in [0.25, 0.3) is 11.4 Å². The Kier molecular flexibility index (Phi) is 5.83. The molecule has 1 aromatic carbocycles. The summed E-state index contributed by atoms with van der Waals surface area (Å²) in [6, 6.07) is 7.70. The van der Waals surface area contributed by atoms with Gasteiger partial charge < -0.3 is 14.6 Å². The van der Waals surface area contributed by atoms with E-state index in [0.29, 0.717) is 18.5 Å². The van der Waals surface area contributed by atoms with E-state index in [9.17, 15) is 9.59 Å². The van der Waals surface area contributed by atoms with E-state index in [1.807, 2.05) is 31.2 Å². The quantitative estimate of drug-likeness (QED) is 0.864.